The smallest absolute Gasteiger partial charge is 0.208 e. The molecule has 8 nitrogen and oxygen atoms in total. The van der Waals surface area contributed by atoms with Gasteiger partial charge in [-0.15, -0.1) is 0 Å². The molecule has 0 aliphatic carbocycles. The number of ketones is 1. The summed E-state index contributed by atoms with van der Waals surface area (Å²) in [5, 5.41) is 0.0442. The molecule has 236 valence electrons. The molecule has 0 fully saturated rings. The number of hydrogen-bond donors (Lipinski definition) is 0. The van der Waals surface area contributed by atoms with Crippen LogP contribution in [0.2, 0.25) is 0 Å². The van der Waals surface area contributed by atoms with Crippen LogP contribution in [0.25, 0.3) is 22.3 Å². The fourth-order valence-corrected chi connectivity index (χ4v) is 5.30. The largest absolute Gasteiger partial charge is 0.496 e. The zero-order valence-electron chi connectivity index (χ0n) is 26.1. The number of methoxy groups -OCH3 is 3. The number of hydrogen-bond acceptors (Lipinski definition) is 8. The Hall–Kier alpha value is -6.02. The predicted molar refractivity (Wildman–Crippen MR) is 179 cm³/mol. The molecule has 47 heavy (non-hydrogen) atoms. The second kappa shape index (κ2) is 14.0. The van der Waals surface area contributed by atoms with Crippen LogP contribution in [0.4, 0.5) is 0 Å². The van der Waals surface area contributed by atoms with Crippen molar-refractivity contribution in [3.63, 3.8) is 0 Å². The Morgan fingerprint density at radius 1 is 0.638 bits per heavy atom. The van der Waals surface area contributed by atoms with E-state index in [0.717, 1.165) is 11.1 Å². The average molecular weight is 629 g/mol. The van der Waals surface area contributed by atoms with Gasteiger partial charge in [-0.3, -0.25) is 9.59 Å². The normalized spacial score (nSPS) is 10.8. The van der Waals surface area contributed by atoms with Gasteiger partial charge in [0.1, 0.15) is 47.2 Å². The van der Waals surface area contributed by atoms with E-state index in [9.17, 15) is 9.59 Å². The van der Waals surface area contributed by atoms with Crippen LogP contribution >= 0.6 is 0 Å². The van der Waals surface area contributed by atoms with Crippen molar-refractivity contribution in [3.05, 3.63) is 148 Å². The lowest BCUT2D eigenvalue weighted by molar-refractivity contribution is 0.103. The third kappa shape index (κ3) is 6.39. The first-order chi connectivity index (χ1) is 23.0. The van der Waals surface area contributed by atoms with E-state index >= 15 is 0 Å². The molecule has 1 aromatic heterocycles. The molecule has 0 unspecified atom stereocenters. The second-order valence-corrected chi connectivity index (χ2v) is 10.6. The molecule has 6 rings (SSSR count). The Balaban J connectivity index is 1.49. The van der Waals surface area contributed by atoms with Gasteiger partial charge in [0, 0.05) is 11.6 Å². The maximum Gasteiger partial charge on any atom is 0.208 e. The van der Waals surface area contributed by atoms with Crippen molar-refractivity contribution in [1.29, 1.82) is 0 Å². The summed E-state index contributed by atoms with van der Waals surface area (Å²) in [5.74, 6) is 1.08. The fraction of sp³-hybridized carbons (Fsp3) is 0.128. The number of para-hydroxylation sites is 1. The summed E-state index contributed by atoms with van der Waals surface area (Å²) in [4.78, 5) is 29.0. The molecule has 0 aliphatic rings. The zero-order valence-corrected chi connectivity index (χ0v) is 26.1. The monoisotopic (exact) mass is 628 g/mol. The summed E-state index contributed by atoms with van der Waals surface area (Å²) in [7, 11) is 4.35. The molecule has 0 atom stereocenters. The molecule has 8 heteroatoms. The Labute approximate surface area is 271 Å². The van der Waals surface area contributed by atoms with Crippen molar-refractivity contribution < 1.29 is 32.9 Å². The van der Waals surface area contributed by atoms with Gasteiger partial charge in [0.05, 0.1) is 26.9 Å². The van der Waals surface area contributed by atoms with Crippen molar-refractivity contribution in [2.24, 2.45) is 0 Å². The maximum absolute atomic E-state index is 14.5. The molecule has 0 N–H and O–H groups in total. The van der Waals surface area contributed by atoms with Gasteiger partial charge in [-0.1, -0.05) is 72.8 Å². The first kappa shape index (κ1) is 31.0. The van der Waals surface area contributed by atoms with Crippen LogP contribution < -0.4 is 29.1 Å². The number of rotatable bonds is 12. The predicted octanol–water partition coefficient (Wildman–Crippen LogP) is 7.87. The van der Waals surface area contributed by atoms with Crippen LogP contribution in [-0.4, -0.2) is 27.1 Å². The summed E-state index contributed by atoms with van der Waals surface area (Å²) in [6, 6.07) is 34.8. The highest BCUT2D eigenvalue weighted by Gasteiger charge is 2.29. The minimum absolute atomic E-state index is 0.0442. The molecule has 6 aromatic rings. The van der Waals surface area contributed by atoms with Gasteiger partial charge >= 0.3 is 0 Å². The van der Waals surface area contributed by atoms with E-state index in [4.69, 9.17) is 28.1 Å². The summed E-state index contributed by atoms with van der Waals surface area (Å²) in [5.41, 5.74) is 1.94. The number of carbonyl (C=O) groups excluding carboxylic acids is 1. The van der Waals surface area contributed by atoms with E-state index in [2.05, 4.69) is 0 Å². The Bertz CT molecular complexity index is 2070. The maximum atomic E-state index is 14.5. The molecule has 0 aliphatic heterocycles. The van der Waals surface area contributed by atoms with Crippen LogP contribution in [0.1, 0.15) is 27.0 Å². The molecular formula is C39H32O8. The summed E-state index contributed by atoms with van der Waals surface area (Å²) in [6.07, 6.45) is 0. The summed E-state index contributed by atoms with van der Waals surface area (Å²) in [6.45, 7) is 0.616. The van der Waals surface area contributed by atoms with E-state index in [0.29, 0.717) is 29.4 Å². The van der Waals surface area contributed by atoms with E-state index in [1.165, 1.54) is 27.4 Å². The molecule has 0 amide bonds. The lowest BCUT2D eigenvalue weighted by atomic mass is 9.96. The van der Waals surface area contributed by atoms with E-state index in [1.807, 2.05) is 60.7 Å². The highest BCUT2D eigenvalue weighted by molar-refractivity contribution is 6.15. The standard InChI is InChI=1S/C39H32O8/c1-42-31-22-32(43-2)38(44-3)39-33(31)36(41)34(35(40)29-16-10-11-17-30(29)46-24-26-14-8-5-9-15-26)37(47-39)27-18-20-28(21-19-27)45-23-25-12-6-4-7-13-25/h4-22H,23-24H2,1-3H3. The average Bonchev–Trinajstić information content (AvgIpc) is 3.13. The van der Waals surface area contributed by atoms with Gasteiger partial charge in [-0.25, -0.2) is 0 Å². The van der Waals surface area contributed by atoms with Gasteiger partial charge < -0.3 is 28.1 Å². The van der Waals surface area contributed by atoms with Crippen molar-refractivity contribution in [2.75, 3.05) is 21.3 Å². The number of ether oxygens (including phenoxy) is 5. The van der Waals surface area contributed by atoms with E-state index in [-0.39, 0.29) is 46.0 Å². The van der Waals surface area contributed by atoms with Crippen molar-refractivity contribution in [1.82, 2.24) is 0 Å². The van der Waals surface area contributed by atoms with Crippen LogP contribution in [0.15, 0.2) is 124 Å². The van der Waals surface area contributed by atoms with Crippen molar-refractivity contribution >= 4 is 16.8 Å². The van der Waals surface area contributed by atoms with Crippen LogP contribution in [-0.2, 0) is 13.2 Å². The molecule has 1 heterocycles. The van der Waals surface area contributed by atoms with Crippen molar-refractivity contribution in [3.8, 4) is 40.1 Å². The Morgan fingerprint density at radius 2 is 1.23 bits per heavy atom. The Kier molecular flexibility index (Phi) is 9.20. The van der Waals surface area contributed by atoms with Crippen molar-refractivity contribution in [2.45, 2.75) is 13.2 Å². The van der Waals surface area contributed by atoms with E-state index in [1.54, 1.807) is 48.5 Å². The fourth-order valence-electron chi connectivity index (χ4n) is 5.30. The molecule has 5 aromatic carbocycles. The SMILES string of the molecule is COc1cc(OC)c2c(=O)c(C(=O)c3ccccc3OCc3ccccc3)c(-c3ccc(OCc4ccccc4)cc3)oc2c1OC. The van der Waals surface area contributed by atoms with Gasteiger partial charge in [-0.2, -0.15) is 0 Å². The van der Waals surface area contributed by atoms with Crippen LogP contribution in [0, 0.1) is 0 Å². The first-order valence-corrected chi connectivity index (χ1v) is 14.9. The number of fused-ring (bicyclic) bond motifs is 1. The lowest BCUT2D eigenvalue weighted by Crippen LogP contribution is -2.19. The molecule has 0 radical (unpaired) electrons. The molecule has 0 saturated carbocycles. The van der Waals surface area contributed by atoms with Gasteiger partial charge in [0.2, 0.25) is 17.0 Å². The Morgan fingerprint density at radius 3 is 1.85 bits per heavy atom. The summed E-state index contributed by atoms with van der Waals surface area (Å²) >= 11 is 0. The lowest BCUT2D eigenvalue weighted by Gasteiger charge is -2.17. The minimum atomic E-state index is -0.591. The highest BCUT2D eigenvalue weighted by Crippen LogP contribution is 2.43. The molecular weight excluding hydrogens is 596 g/mol. The third-order valence-corrected chi connectivity index (χ3v) is 7.66. The quantitative estimate of drug-likeness (QED) is 0.126. The number of benzene rings is 5. The molecule has 0 spiro atoms. The highest BCUT2D eigenvalue weighted by atomic mass is 16.5. The van der Waals surface area contributed by atoms with Crippen LogP contribution in [0.3, 0.4) is 0 Å². The van der Waals surface area contributed by atoms with E-state index < -0.39 is 11.2 Å². The second-order valence-electron chi connectivity index (χ2n) is 10.6. The molecule has 0 bridgehead atoms. The zero-order chi connectivity index (χ0) is 32.8. The van der Waals surface area contributed by atoms with Crippen LogP contribution in [0.5, 0.6) is 28.7 Å². The number of carbonyl (C=O) groups is 1. The third-order valence-electron chi connectivity index (χ3n) is 7.66. The first-order valence-electron chi connectivity index (χ1n) is 14.9. The van der Waals surface area contributed by atoms with Gasteiger partial charge in [-0.05, 0) is 47.5 Å². The van der Waals surface area contributed by atoms with Gasteiger partial charge in [0.15, 0.2) is 11.3 Å². The minimum Gasteiger partial charge on any atom is -0.496 e. The molecule has 0 saturated heterocycles. The summed E-state index contributed by atoms with van der Waals surface area (Å²) < 4.78 is 35.2. The topological polar surface area (TPSA) is 93.4 Å². The van der Waals surface area contributed by atoms with Gasteiger partial charge in [0.25, 0.3) is 0 Å².